The fourth-order valence-electron chi connectivity index (χ4n) is 1.48. The minimum atomic E-state index is -0.335. The fourth-order valence-corrected chi connectivity index (χ4v) is 1.64. The van der Waals surface area contributed by atoms with Crippen LogP contribution in [-0.4, -0.2) is 5.78 Å². The standard InChI is InChI=1S/C12H14ClFO/c1-3-12(15)8(2)6-9-4-5-10(13)7-11(9)14/h4-5,7-8H,3,6H2,1-2H3. The van der Waals surface area contributed by atoms with Gasteiger partial charge in [0.1, 0.15) is 11.6 Å². The molecular weight excluding hydrogens is 215 g/mol. The van der Waals surface area contributed by atoms with Crippen molar-refractivity contribution >= 4 is 17.4 Å². The van der Waals surface area contributed by atoms with E-state index in [-0.39, 0.29) is 17.5 Å². The summed E-state index contributed by atoms with van der Waals surface area (Å²) >= 11 is 5.64. The van der Waals surface area contributed by atoms with Crippen molar-refractivity contribution in [3.05, 3.63) is 34.6 Å². The Bertz CT molecular complexity index is 363. The van der Waals surface area contributed by atoms with E-state index in [1.165, 1.54) is 6.07 Å². The molecule has 0 aliphatic heterocycles. The molecule has 0 aliphatic rings. The second-order valence-electron chi connectivity index (χ2n) is 3.66. The van der Waals surface area contributed by atoms with E-state index < -0.39 is 0 Å². The largest absolute Gasteiger partial charge is 0.299 e. The third-order valence-electron chi connectivity index (χ3n) is 2.44. The van der Waals surface area contributed by atoms with Gasteiger partial charge < -0.3 is 0 Å². The van der Waals surface area contributed by atoms with Crippen LogP contribution >= 0.6 is 11.6 Å². The zero-order valence-corrected chi connectivity index (χ0v) is 9.64. The van der Waals surface area contributed by atoms with Gasteiger partial charge in [0, 0.05) is 17.4 Å². The second kappa shape index (κ2) is 5.26. The monoisotopic (exact) mass is 228 g/mol. The van der Waals surface area contributed by atoms with Crippen LogP contribution in [0, 0.1) is 11.7 Å². The summed E-state index contributed by atoms with van der Waals surface area (Å²) in [6.45, 7) is 3.64. The minimum absolute atomic E-state index is 0.134. The van der Waals surface area contributed by atoms with Crippen LogP contribution in [-0.2, 0) is 11.2 Å². The number of Topliss-reactive ketones (excluding diaryl/α,β-unsaturated/α-hetero) is 1. The lowest BCUT2D eigenvalue weighted by Gasteiger charge is -2.09. The van der Waals surface area contributed by atoms with Crippen molar-refractivity contribution in [2.45, 2.75) is 26.7 Å². The molecule has 0 saturated carbocycles. The molecular formula is C12H14ClFO. The van der Waals surface area contributed by atoms with Gasteiger partial charge in [0.15, 0.2) is 0 Å². The SMILES string of the molecule is CCC(=O)C(C)Cc1ccc(Cl)cc1F. The van der Waals surface area contributed by atoms with Gasteiger partial charge in [0.05, 0.1) is 0 Å². The number of ketones is 1. The van der Waals surface area contributed by atoms with Gasteiger partial charge in [-0.25, -0.2) is 4.39 Å². The molecule has 0 amide bonds. The number of carbonyl (C=O) groups is 1. The molecule has 0 saturated heterocycles. The predicted molar refractivity (Wildman–Crippen MR) is 59.6 cm³/mol. The first-order valence-electron chi connectivity index (χ1n) is 5.01. The Hall–Kier alpha value is -0.890. The van der Waals surface area contributed by atoms with Gasteiger partial charge in [-0.05, 0) is 24.1 Å². The number of hydrogen-bond acceptors (Lipinski definition) is 1. The van der Waals surface area contributed by atoms with Gasteiger partial charge in [0.2, 0.25) is 0 Å². The predicted octanol–water partition coefficient (Wildman–Crippen LogP) is 3.64. The lowest BCUT2D eigenvalue weighted by atomic mass is 9.95. The summed E-state index contributed by atoms with van der Waals surface area (Å²) in [5.41, 5.74) is 0.550. The van der Waals surface area contributed by atoms with E-state index >= 15 is 0 Å². The van der Waals surface area contributed by atoms with Crippen LogP contribution in [0.1, 0.15) is 25.8 Å². The Morgan fingerprint density at radius 3 is 2.73 bits per heavy atom. The molecule has 1 atom stereocenters. The molecule has 0 aliphatic carbocycles. The maximum atomic E-state index is 13.4. The quantitative estimate of drug-likeness (QED) is 0.769. The van der Waals surface area contributed by atoms with Crippen molar-refractivity contribution in [3.63, 3.8) is 0 Å². The van der Waals surface area contributed by atoms with E-state index in [1.54, 1.807) is 12.1 Å². The molecule has 0 N–H and O–H groups in total. The highest BCUT2D eigenvalue weighted by Crippen LogP contribution is 2.18. The lowest BCUT2D eigenvalue weighted by molar-refractivity contribution is -0.122. The van der Waals surface area contributed by atoms with Crippen LogP contribution < -0.4 is 0 Å². The molecule has 0 spiro atoms. The van der Waals surface area contributed by atoms with Gasteiger partial charge in [-0.15, -0.1) is 0 Å². The summed E-state index contributed by atoms with van der Waals surface area (Å²) in [4.78, 5) is 11.3. The first-order valence-corrected chi connectivity index (χ1v) is 5.39. The number of carbonyl (C=O) groups excluding carboxylic acids is 1. The van der Waals surface area contributed by atoms with Crippen molar-refractivity contribution in [1.29, 1.82) is 0 Å². The topological polar surface area (TPSA) is 17.1 Å². The molecule has 0 bridgehead atoms. The molecule has 82 valence electrons. The maximum Gasteiger partial charge on any atom is 0.135 e. The number of rotatable bonds is 4. The normalized spacial score (nSPS) is 12.5. The molecule has 1 aromatic carbocycles. The van der Waals surface area contributed by atoms with Crippen LogP contribution in [0.3, 0.4) is 0 Å². The van der Waals surface area contributed by atoms with Crippen molar-refractivity contribution < 1.29 is 9.18 Å². The summed E-state index contributed by atoms with van der Waals surface area (Å²) in [5.74, 6) is -0.312. The average molecular weight is 229 g/mol. The Balaban J connectivity index is 2.76. The van der Waals surface area contributed by atoms with E-state index in [1.807, 2.05) is 13.8 Å². The van der Waals surface area contributed by atoms with Crippen molar-refractivity contribution in [1.82, 2.24) is 0 Å². The van der Waals surface area contributed by atoms with E-state index in [9.17, 15) is 9.18 Å². The molecule has 0 fully saturated rings. The minimum Gasteiger partial charge on any atom is -0.299 e. The highest BCUT2D eigenvalue weighted by atomic mass is 35.5. The van der Waals surface area contributed by atoms with E-state index in [2.05, 4.69) is 0 Å². The number of hydrogen-bond donors (Lipinski definition) is 0. The summed E-state index contributed by atoms with van der Waals surface area (Å²) < 4.78 is 13.4. The van der Waals surface area contributed by atoms with E-state index in [0.717, 1.165) is 0 Å². The van der Waals surface area contributed by atoms with E-state index in [4.69, 9.17) is 11.6 Å². The first kappa shape index (κ1) is 12.2. The molecule has 1 nitrogen and oxygen atoms in total. The molecule has 0 heterocycles. The third kappa shape index (κ3) is 3.31. The summed E-state index contributed by atoms with van der Waals surface area (Å²) in [7, 11) is 0. The van der Waals surface area contributed by atoms with Crippen molar-refractivity contribution in [3.8, 4) is 0 Å². The summed E-state index contributed by atoms with van der Waals surface area (Å²) in [6, 6.07) is 4.56. The lowest BCUT2D eigenvalue weighted by Crippen LogP contribution is -2.13. The van der Waals surface area contributed by atoms with Gasteiger partial charge >= 0.3 is 0 Å². The van der Waals surface area contributed by atoms with Crippen molar-refractivity contribution in [2.24, 2.45) is 5.92 Å². The van der Waals surface area contributed by atoms with Crippen LogP contribution in [0.4, 0.5) is 4.39 Å². The maximum absolute atomic E-state index is 13.4. The fraction of sp³-hybridized carbons (Fsp3) is 0.417. The number of benzene rings is 1. The van der Waals surface area contributed by atoms with E-state index in [0.29, 0.717) is 23.4 Å². The molecule has 1 unspecified atom stereocenters. The summed E-state index contributed by atoms with van der Waals surface area (Å²) in [5, 5.41) is 0.380. The number of halogens is 2. The Morgan fingerprint density at radius 1 is 1.53 bits per heavy atom. The Morgan fingerprint density at radius 2 is 2.20 bits per heavy atom. The zero-order valence-electron chi connectivity index (χ0n) is 8.89. The van der Waals surface area contributed by atoms with Gasteiger partial charge in [-0.1, -0.05) is 31.5 Å². The molecule has 1 aromatic rings. The van der Waals surface area contributed by atoms with Crippen LogP contribution in [0.25, 0.3) is 0 Å². The Labute approximate surface area is 94.3 Å². The van der Waals surface area contributed by atoms with Gasteiger partial charge in [0.25, 0.3) is 0 Å². The van der Waals surface area contributed by atoms with Crippen LogP contribution in [0.5, 0.6) is 0 Å². The molecule has 0 aromatic heterocycles. The van der Waals surface area contributed by atoms with Crippen LogP contribution in [0.2, 0.25) is 5.02 Å². The molecule has 1 rings (SSSR count). The Kier molecular flexibility index (Phi) is 4.28. The first-order chi connectivity index (χ1) is 7.04. The highest BCUT2D eigenvalue weighted by Gasteiger charge is 2.13. The van der Waals surface area contributed by atoms with Crippen LogP contribution in [0.15, 0.2) is 18.2 Å². The third-order valence-corrected chi connectivity index (χ3v) is 2.67. The molecule has 15 heavy (non-hydrogen) atoms. The smallest absolute Gasteiger partial charge is 0.135 e. The molecule has 3 heteroatoms. The zero-order chi connectivity index (χ0) is 11.4. The second-order valence-corrected chi connectivity index (χ2v) is 4.10. The van der Waals surface area contributed by atoms with Gasteiger partial charge in [-0.3, -0.25) is 4.79 Å². The average Bonchev–Trinajstić information content (AvgIpc) is 2.20. The summed E-state index contributed by atoms with van der Waals surface area (Å²) in [6.07, 6.45) is 0.937. The van der Waals surface area contributed by atoms with Crippen molar-refractivity contribution in [2.75, 3.05) is 0 Å². The highest BCUT2D eigenvalue weighted by molar-refractivity contribution is 6.30. The molecule has 0 radical (unpaired) electrons. The van der Waals surface area contributed by atoms with Gasteiger partial charge in [-0.2, -0.15) is 0 Å².